The second-order valence-corrected chi connectivity index (χ2v) is 6.73. The topological polar surface area (TPSA) is 63.2 Å². The van der Waals surface area contributed by atoms with Crippen LogP contribution in [0.4, 0.5) is 4.39 Å². The fourth-order valence-electron chi connectivity index (χ4n) is 1.88. The summed E-state index contributed by atoms with van der Waals surface area (Å²) in [6.45, 7) is -0.331. The molecule has 2 rings (SSSR count). The number of benzene rings is 2. The van der Waals surface area contributed by atoms with Crippen molar-refractivity contribution in [3.8, 4) is 0 Å². The fourth-order valence-corrected chi connectivity index (χ4v) is 2.88. The van der Waals surface area contributed by atoms with E-state index in [1.54, 1.807) is 0 Å². The van der Waals surface area contributed by atoms with Gasteiger partial charge >= 0.3 is 0 Å². The third-order valence-corrected chi connectivity index (χ3v) is 4.45. The van der Waals surface area contributed by atoms with Gasteiger partial charge in [-0.25, -0.2) is 17.5 Å². The molecule has 0 spiro atoms. The monoisotopic (exact) mass is 321 g/mol. The molecule has 0 amide bonds. The van der Waals surface area contributed by atoms with Crippen LogP contribution < -0.4 is 4.72 Å². The molecule has 0 saturated heterocycles. The lowest BCUT2D eigenvalue weighted by atomic mass is 10.1. The van der Waals surface area contributed by atoms with Gasteiger partial charge in [-0.15, -0.1) is 0 Å². The predicted octanol–water partition coefficient (Wildman–Crippen LogP) is 2.17. The number of carbonyl (C=O) groups excluding carboxylic acids is 1. The summed E-state index contributed by atoms with van der Waals surface area (Å²) < 4.78 is 38.8. The lowest BCUT2D eigenvalue weighted by molar-refractivity contribution is 0.0997. The molecular weight excluding hydrogens is 305 g/mol. The van der Waals surface area contributed by atoms with Crippen LogP contribution in [-0.4, -0.2) is 26.5 Å². The fraction of sp³-hybridized carbons (Fsp3) is 0.188. The van der Waals surface area contributed by atoms with E-state index >= 15 is 0 Å². The van der Waals surface area contributed by atoms with Gasteiger partial charge in [-0.2, -0.15) is 0 Å². The van der Waals surface area contributed by atoms with Gasteiger partial charge in [-0.1, -0.05) is 30.3 Å². The lowest BCUT2D eigenvalue weighted by Crippen LogP contribution is -2.32. The van der Waals surface area contributed by atoms with E-state index in [4.69, 9.17) is 0 Å². The van der Waals surface area contributed by atoms with Gasteiger partial charge in [-0.3, -0.25) is 4.79 Å². The molecule has 0 aliphatic rings. The molecule has 0 bridgehead atoms. The normalized spacial score (nSPS) is 11.3. The van der Waals surface area contributed by atoms with Crippen LogP contribution in [0.15, 0.2) is 54.6 Å². The van der Waals surface area contributed by atoms with E-state index in [9.17, 15) is 17.6 Å². The molecule has 4 nitrogen and oxygen atoms in total. The van der Waals surface area contributed by atoms with Crippen LogP contribution in [0, 0.1) is 5.82 Å². The predicted molar refractivity (Wildman–Crippen MR) is 82.7 cm³/mol. The highest BCUT2D eigenvalue weighted by Crippen LogP contribution is 2.04. The number of halogens is 1. The molecule has 0 aliphatic carbocycles. The summed E-state index contributed by atoms with van der Waals surface area (Å²) in [5, 5.41) is 0. The summed E-state index contributed by atoms with van der Waals surface area (Å²) in [4.78, 5) is 11.8. The minimum Gasteiger partial charge on any atom is -0.293 e. The van der Waals surface area contributed by atoms with Crippen molar-refractivity contribution >= 4 is 15.8 Å². The maximum absolute atomic E-state index is 12.8. The highest BCUT2D eigenvalue weighted by molar-refractivity contribution is 7.89. The second-order valence-electron chi connectivity index (χ2n) is 4.81. The Bertz CT molecular complexity index is 728. The first-order valence-electron chi connectivity index (χ1n) is 6.76. The van der Waals surface area contributed by atoms with Crippen LogP contribution in [0.5, 0.6) is 0 Å². The molecule has 0 saturated carbocycles. The Balaban J connectivity index is 1.87. The number of hydrogen-bond acceptors (Lipinski definition) is 3. The van der Waals surface area contributed by atoms with Crippen LogP contribution in [0.1, 0.15) is 15.9 Å². The van der Waals surface area contributed by atoms with Crippen molar-refractivity contribution in [1.29, 1.82) is 0 Å². The number of nitrogens with one attached hydrogen (secondary N) is 1. The van der Waals surface area contributed by atoms with Crippen molar-refractivity contribution in [2.24, 2.45) is 0 Å². The molecule has 0 heterocycles. The zero-order valence-electron chi connectivity index (χ0n) is 11.8. The largest absolute Gasteiger partial charge is 0.293 e. The van der Waals surface area contributed by atoms with Crippen LogP contribution >= 0.6 is 0 Å². The summed E-state index contributed by atoms with van der Waals surface area (Å²) in [6, 6.07) is 14.2. The highest BCUT2D eigenvalue weighted by atomic mass is 32.2. The summed E-state index contributed by atoms with van der Waals surface area (Å²) in [5.74, 6) is -0.934. The number of Topliss-reactive ketones (excluding diaryl/α,β-unsaturated/α-hetero) is 1. The molecule has 22 heavy (non-hydrogen) atoms. The van der Waals surface area contributed by atoms with E-state index in [1.807, 2.05) is 30.3 Å². The summed E-state index contributed by atoms with van der Waals surface area (Å²) in [7, 11) is -3.54. The molecule has 0 unspecified atom stereocenters. The molecule has 2 aromatic rings. The maximum atomic E-state index is 12.8. The highest BCUT2D eigenvalue weighted by Gasteiger charge is 2.13. The van der Waals surface area contributed by atoms with Gasteiger partial charge in [0.05, 0.1) is 12.3 Å². The minimum atomic E-state index is -3.54. The first-order chi connectivity index (χ1) is 10.5. The van der Waals surface area contributed by atoms with E-state index in [1.165, 1.54) is 12.1 Å². The molecule has 0 radical (unpaired) electrons. The summed E-state index contributed by atoms with van der Waals surface area (Å²) in [5.41, 5.74) is 1.19. The molecule has 0 aliphatic heterocycles. The van der Waals surface area contributed by atoms with Crippen molar-refractivity contribution in [1.82, 2.24) is 4.72 Å². The van der Waals surface area contributed by atoms with Crippen molar-refractivity contribution in [2.75, 3.05) is 12.3 Å². The van der Waals surface area contributed by atoms with Gasteiger partial charge in [0.2, 0.25) is 10.0 Å². The zero-order valence-corrected chi connectivity index (χ0v) is 12.6. The first kappa shape index (κ1) is 16.3. The van der Waals surface area contributed by atoms with Gasteiger partial charge in [0.1, 0.15) is 5.82 Å². The van der Waals surface area contributed by atoms with Crippen molar-refractivity contribution in [2.45, 2.75) is 6.42 Å². The molecule has 0 aromatic heterocycles. The summed E-state index contributed by atoms with van der Waals surface area (Å²) >= 11 is 0. The van der Waals surface area contributed by atoms with Gasteiger partial charge < -0.3 is 0 Å². The van der Waals surface area contributed by atoms with E-state index < -0.39 is 21.6 Å². The Morgan fingerprint density at radius 2 is 1.64 bits per heavy atom. The lowest BCUT2D eigenvalue weighted by Gasteiger charge is -2.06. The number of hydrogen-bond donors (Lipinski definition) is 1. The smallest absolute Gasteiger partial charge is 0.212 e. The van der Waals surface area contributed by atoms with Crippen LogP contribution in [0.3, 0.4) is 0 Å². The van der Waals surface area contributed by atoms with E-state index in [-0.39, 0.29) is 17.9 Å². The number of sulfonamides is 1. The van der Waals surface area contributed by atoms with Crippen molar-refractivity contribution in [3.05, 3.63) is 71.5 Å². The molecule has 0 atom stereocenters. The molecule has 2 aromatic carbocycles. The molecule has 0 fully saturated rings. The van der Waals surface area contributed by atoms with E-state index in [0.29, 0.717) is 6.42 Å². The quantitative estimate of drug-likeness (QED) is 0.795. The Labute approximate surface area is 129 Å². The number of aryl methyl sites for hydroxylation is 1. The standard InChI is InChI=1S/C16H16FNO3S/c17-15-8-6-14(7-9-15)16(19)12-18-22(20,21)11-10-13-4-2-1-3-5-13/h1-9,18H,10-12H2. The Morgan fingerprint density at radius 3 is 2.27 bits per heavy atom. The van der Waals surface area contributed by atoms with Gasteiger partial charge in [0, 0.05) is 5.56 Å². The molecular formula is C16H16FNO3S. The Hall–Kier alpha value is -2.05. The van der Waals surface area contributed by atoms with Crippen LogP contribution in [0.25, 0.3) is 0 Å². The number of ketones is 1. The third kappa shape index (κ3) is 5.05. The maximum Gasteiger partial charge on any atom is 0.212 e. The Morgan fingerprint density at radius 1 is 1.00 bits per heavy atom. The van der Waals surface area contributed by atoms with Gasteiger partial charge in [0.15, 0.2) is 5.78 Å². The third-order valence-electron chi connectivity index (χ3n) is 3.12. The van der Waals surface area contributed by atoms with Gasteiger partial charge in [-0.05, 0) is 36.2 Å². The second kappa shape index (κ2) is 7.29. The van der Waals surface area contributed by atoms with E-state index in [2.05, 4.69) is 4.72 Å². The van der Waals surface area contributed by atoms with Crippen LogP contribution in [0.2, 0.25) is 0 Å². The first-order valence-corrected chi connectivity index (χ1v) is 8.41. The minimum absolute atomic E-state index is 0.0896. The summed E-state index contributed by atoms with van der Waals surface area (Å²) in [6.07, 6.45) is 0.376. The average Bonchev–Trinajstić information content (AvgIpc) is 2.53. The van der Waals surface area contributed by atoms with Crippen LogP contribution in [-0.2, 0) is 16.4 Å². The average molecular weight is 321 g/mol. The van der Waals surface area contributed by atoms with E-state index in [0.717, 1.165) is 17.7 Å². The molecule has 6 heteroatoms. The Kier molecular flexibility index (Phi) is 5.41. The number of rotatable bonds is 7. The van der Waals surface area contributed by atoms with Crippen molar-refractivity contribution < 1.29 is 17.6 Å². The van der Waals surface area contributed by atoms with Gasteiger partial charge in [0.25, 0.3) is 0 Å². The van der Waals surface area contributed by atoms with Crippen molar-refractivity contribution in [3.63, 3.8) is 0 Å². The number of carbonyl (C=O) groups is 1. The SMILES string of the molecule is O=C(CNS(=O)(=O)CCc1ccccc1)c1ccc(F)cc1. The zero-order chi connectivity index (χ0) is 16.0. The molecule has 1 N–H and O–H groups in total. The molecule has 116 valence electrons.